The molecular formula is C15H22N2O2. The first-order valence-electron chi connectivity index (χ1n) is 6.82. The predicted molar refractivity (Wildman–Crippen MR) is 76.6 cm³/mol. The number of benzene rings is 1. The first kappa shape index (κ1) is 13.9. The molecule has 0 aromatic heterocycles. The molecule has 0 radical (unpaired) electrons. The van der Waals surface area contributed by atoms with Crippen LogP contribution in [0.5, 0.6) is 0 Å². The molecule has 4 nitrogen and oxygen atoms in total. The first-order valence-corrected chi connectivity index (χ1v) is 6.82. The summed E-state index contributed by atoms with van der Waals surface area (Å²) in [5, 5.41) is 3.21. The first-order chi connectivity index (χ1) is 9.24. The van der Waals surface area contributed by atoms with Crippen molar-refractivity contribution in [1.29, 1.82) is 0 Å². The minimum Gasteiger partial charge on any atom is -0.465 e. The van der Waals surface area contributed by atoms with Gasteiger partial charge in [-0.05, 0) is 56.6 Å². The number of methoxy groups -OCH3 is 1. The van der Waals surface area contributed by atoms with Gasteiger partial charge < -0.3 is 15.0 Å². The van der Waals surface area contributed by atoms with E-state index in [4.69, 9.17) is 4.74 Å². The number of nitrogens with zero attached hydrogens (tertiary/aromatic N) is 1. The van der Waals surface area contributed by atoms with Gasteiger partial charge in [-0.1, -0.05) is 0 Å². The summed E-state index contributed by atoms with van der Waals surface area (Å²) < 4.78 is 4.70. The summed E-state index contributed by atoms with van der Waals surface area (Å²) in [5.74, 6) is 0.493. The Labute approximate surface area is 114 Å². The topological polar surface area (TPSA) is 41.6 Å². The van der Waals surface area contributed by atoms with Crippen molar-refractivity contribution in [2.24, 2.45) is 5.92 Å². The summed E-state index contributed by atoms with van der Waals surface area (Å²) in [5.41, 5.74) is 1.80. The third-order valence-electron chi connectivity index (χ3n) is 3.74. The highest BCUT2D eigenvalue weighted by atomic mass is 16.5. The van der Waals surface area contributed by atoms with Crippen molar-refractivity contribution >= 4 is 11.7 Å². The molecule has 19 heavy (non-hydrogen) atoms. The van der Waals surface area contributed by atoms with Crippen molar-refractivity contribution in [2.45, 2.75) is 12.8 Å². The molecule has 1 N–H and O–H groups in total. The van der Waals surface area contributed by atoms with Gasteiger partial charge in [-0.15, -0.1) is 0 Å². The molecule has 1 unspecified atom stereocenters. The van der Waals surface area contributed by atoms with E-state index < -0.39 is 0 Å². The number of hydrogen-bond donors (Lipinski definition) is 1. The van der Waals surface area contributed by atoms with Crippen molar-refractivity contribution in [3.8, 4) is 0 Å². The van der Waals surface area contributed by atoms with Crippen LogP contribution in [-0.2, 0) is 4.74 Å². The molecule has 4 heteroatoms. The summed E-state index contributed by atoms with van der Waals surface area (Å²) in [6, 6.07) is 7.68. The fourth-order valence-electron chi connectivity index (χ4n) is 2.58. The molecule has 0 bridgehead atoms. The summed E-state index contributed by atoms with van der Waals surface area (Å²) in [7, 11) is 3.40. The van der Waals surface area contributed by atoms with Crippen LogP contribution in [0.3, 0.4) is 0 Å². The Morgan fingerprint density at radius 3 is 2.79 bits per heavy atom. The van der Waals surface area contributed by atoms with Gasteiger partial charge in [0.15, 0.2) is 0 Å². The molecule has 0 saturated carbocycles. The Balaban J connectivity index is 1.94. The van der Waals surface area contributed by atoms with Gasteiger partial charge in [0.05, 0.1) is 12.7 Å². The van der Waals surface area contributed by atoms with E-state index in [2.05, 4.69) is 10.2 Å². The molecule has 2 rings (SSSR count). The molecule has 0 amide bonds. The van der Waals surface area contributed by atoms with Crippen LogP contribution in [0.15, 0.2) is 24.3 Å². The van der Waals surface area contributed by atoms with Gasteiger partial charge >= 0.3 is 5.97 Å². The molecular weight excluding hydrogens is 240 g/mol. The van der Waals surface area contributed by atoms with Crippen LogP contribution >= 0.6 is 0 Å². The quantitative estimate of drug-likeness (QED) is 0.823. The molecule has 1 aliphatic heterocycles. The molecule has 1 atom stereocenters. The molecule has 1 heterocycles. The molecule has 1 aliphatic rings. The molecule has 1 fully saturated rings. The number of nitrogens with one attached hydrogen (secondary N) is 1. The Morgan fingerprint density at radius 2 is 2.16 bits per heavy atom. The summed E-state index contributed by atoms with van der Waals surface area (Å²) in [4.78, 5) is 13.8. The highest BCUT2D eigenvalue weighted by molar-refractivity contribution is 5.89. The van der Waals surface area contributed by atoms with E-state index in [0.717, 1.165) is 25.6 Å². The lowest BCUT2D eigenvalue weighted by Crippen LogP contribution is -2.21. The van der Waals surface area contributed by atoms with Gasteiger partial charge in [0.1, 0.15) is 0 Å². The van der Waals surface area contributed by atoms with Crippen molar-refractivity contribution in [2.75, 3.05) is 38.7 Å². The van der Waals surface area contributed by atoms with Gasteiger partial charge in [-0.25, -0.2) is 4.79 Å². The Kier molecular flexibility index (Phi) is 4.80. The van der Waals surface area contributed by atoms with Crippen molar-refractivity contribution < 1.29 is 9.53 Å². The monoisotopic (exact) mass is 262 g/mol. The van der Waals surface area contributed by atoms with Crippen LogP contribution in [0.25, 0.3) is 0 Å². The molecule has 0 aliphatic carbocycles. The standard InChI is InChI=1S/C15H22N2O2/c1-16-9-7-12-8-10-17(11-12)14-5-3-13(4-6-14)15(18)19-2/h3-6,12,16H,7-11H2,1-2H3. The van der Waals surface area contributed by atoms with E-state index >= 15 is 0 Å². The second-order valence-corrected chi connectivity index (χ2v) is 5.03. The van der Waals surface area contributed by atoms with Gasteiger partial charge in [-0.2, -0.15) is 0 Å². The van der Waals surface area contributed by atoms with E-state index in [1.807, 2.05) is 31.3 Å². The Morgan fingerprint density at radius 1 is 1.42 bits per heavy atom. The number of ether oxygens (including phenoxy) is 1. The maximum atomic E-state index is 11.4. The lowest BCUT2D eigenvalue weighted by atomic mass is 10.1. The van der Waals surface area contributed by atoms with Crippen LogP contribution in [0, 0.1) is 5.92 Å². The Bertz CT molecular complexity index is 417. The molecule has 1 aromatic rings. The second kappa shape index (κ2) is 6.57. The molecule has 1 saturated heterocycles. The Hall–Kier alpha value is -1.55. The van der Waals surface area contributed by atoms with Crippen LogP contribution < -0.4 is 10.2 Å². The molecule has 104 valence electrons. The predicted octanol–water partition coefficient (Wildman–Crippen LogP) is 1.91. The van der Waals surface area contributed by atoms with Crippen LogP contribution in [0.1, 0.15) is 23.2 Å². The van der Waals surface area contributed by atoms with E-state index in [-0.39, 0.29) is 5.97 Å². The van der Waals surface area contributed by atoms with E-state index in [9.17, 15) is 4.79 Å². The number of hydrogen-bond acceptors (Lipinski definition) is 4. The third kappa shape index (κ3) is 3.47. The normalized spacial score (nSPS) is 18.6. The second-order valence-electron chi connectivity index (χ2n) is 5.03. The van der Waals surface area contributed by atoms with Crippen molar-refractivity contribution in [1.82, 2.24) is 5.32 Å². The maximum Gasteiger partial charge on any atom is 0.337 e. The third-order valence-corrected chi connectivity index (χ3v) is 3.74. The lowest BCUT2D eigenvalue weighted by Gasteiger charge is -2.19. The number of carbonyl (C=O) groups is 1. The van der Waals surface area contributed by atoms with E-state index in [1.54, 1.807) is 0 Å². The zero-order valence-corrected chi connectivity index (χ0v) is 11.7. The van der Waals surface area contributed by atoms with Crippen LogP contribution in [0.2, 0.25) is 0 Å². The summed E-state index contributed by atoms with van der Waals surface area (Å²) in [6.07, 6.45) is 2.48. The highest BCUT2D eigenvalue weighted by Crippen LogP contribution is 2.25. The lowest BCUT2D eigenvalue weighted by molar-refractivity contribution is 0.0601. The van der Waals surface area contributed by atoms with Gasteiger partial charge in [0.25, 0.3) is 0 Å². The van der Waals surface area contributed by atoms with Crippen LogP contribution in [0.4, 0.5) is 5.69 Å². The summed E-state index contributed by atoms with van der Waals surface area (Å²) >= 11 is 0. The number of carbonyl (C=O) groups excluding carboxylic acids is 1. The zero-order valence-electron chi connectivity index (χ0n) is 11.7. The van der Waals surface area contributed by atoms with Crippen LogP contribution in [-0.4, -0.2) is 39.8 Å². The minimum absolute atomic E-state index is 0.278. The number of rotatable bonds is 5. The number of esters is 1. The largest absolute Gasteiger partial charge is 0.465 e. The van der Waals surface area contributed by atoms with Crippen molar-refractivity contribution in [3.05, 3.63) is 29.8 Å². The van der Waals surface area contributed by atoms with Crippen molar-refractivity contribution in [3.63, 3.8) is 0 Å². The zero-order chi connectivity index (χ0) is 13.7. The average molecular weight is 262 g/mol. The van der Waals surface area contributed by atoms with Gasteiger partial charge in [0, 0.05) is 18.8 Å². The van der Waals surface area contributed by atoms with Gasteiger partial charge in [-0.3, -0.25) is 0 Å². The molecule has 0 spiro atoms. The highest BCUT2D eigenvalue weighted by Gasteiger charge is 2.22. The fourth-order valence-corrected chi connectivity index (χ4v) is 2.58. The van der Waals surface area contributed by atoms with E-state index in [1.165, 1.54) is 25.6 Å². The fraction of sp³-hybridized carbons (Fsp3) is 0.533. The number of anilines is 1. The van der Waals surface area contributed by atoms with E-state index in [0.29, 0.717) is 5.56 Å². The average Bonchev–Trinajstić information content (AvgIpc) is 2.93. The summed E-state index contributed by atoms with van der Waals surface area (Å²) in [6.45, 7) is 3.30. The maximum absolute atomic E-state index is 11.4. The smallest absolute Gasteiger partial charge is 0.337 e. The SMILES string of the molecule is CNCCC1CCN(c2ccc(C(=O)OC)cc2)C1. The van der Waals surface area contributed by atoms with Gasteiger partial charge in [0.2, 0.25) is 0 Å². The minimum atomic E-state index is -0.278. The molecule has 1 aromatic carbocycles.